The SMILES string of the molecule is COc1ccc(C(C)(C)C)cc1S(=O)(=O)NC(=O)c1ccc2c(-c3cccnn3)cccc2n1. The van der Waals surface area contributed by atoms with Gasteiger partial charge >= 0.3 is 0 Å². The minimum Gasteiger partial charge on any atom is -0.495 e. The number of aromatic nitrogens is 3. The zero-order chi connectivity index (χ0) is 24.5. The first-order valence-electron chi connectivity index (χ1n) is 10.5. The molecule has 174 valence electrons. The summed E-state index contributed by atoms with van der Waals surface area (Å²) in [6.45, 7) is 5.91. The van der Waals surface area contributed by atoms with Gasteiger partial charge in [-0.05, 0) is 53.4 Å². The highest BCUT2D eigenvalue weighted by atomic mass is 32.2. The van der Waals surface area contributed by atoms with Crippen LogP contribution in [0, 0.1) is 0 Å². The van der Waals surface area contributed by atoms with Crippen molar-refractivity contribution >= 4 is 26.8 Å². The summed E-state index contributed by atoms with van der Waals surface area (Å²) in [4.78, 5) is 17.2. The Morgan fingerprint density at radius 2 is 1.79 bits per heavy atom. The molecule has 0 fully saturated rings. The number of rotatable bonds is 5. The second-order valence-corrected chi connectivity index (χ2v) is 10.4. The van der Waals surface area contributed by atoms with Crippen molar-refractivity contribution in [2.24, 2.45) is 0 Å². The van der Waals surface area contributed by atoms with Crippen molar-refractivity contribution < 1.29 is 17.9 Å². The molecule has 4 aromatic rings. The molecule has 2 heterocycles. The third kappa shape index (κ3) is 4.60. The van der Waals surface area contributed by atoms with Crippen LogP contribution in [-0.4, -0.2) is 36.6 Å². The normalized spacial score (nSPS) is 11.9. The average Bonchev–Trinajstić information content (AvgIpc) is 2.82. The topological polar surface area (TPSA) is 111 Å². The van der Waals surface area contributed by atoms with Gasteiger partial charge in [0.25, 0.3) is 15.9 Å². The number of carbonyl (C=O) groups excluding carboxylic acids is 1. The van der Waals surface area contributed by atoms with Crippen molar-refractivity contribution in [1.29, 1.82) is 0 Å². The van der Waals surface area contributed by atoms with E-state index in [9.17, 15) is 13.2 Å². The van der Waals surface area contributed by atoms with Gasteiger partial charge in [-0.25, -0.2) is 18.1 Å². The molecule has 0 saturated carbocycles. The van der Waals surface area contributed by atoms with E-state index in [4.69, 9.17) is 4.74 Å². The zero-order valence-corrected chi connectivity index (χ0v) is 20.1. The quantitative estimate of drug-likeness (QED) is 0.461. The van der Waals surface area contributed by atoms with Crippen LogP contribution in [0.1, 0.15) is 36.8 Å². The number of nitrogens with zero attached hydrogens (tertiary/aromatic N) is 3. The first kappa shape index (κ1) is 23.3. The lowest BCUT2D eigenvalue weighted by atomic mass is 9.87. The molecule has 0 aliphatic rings. The largest absolute Gasteiger partial charge is 0.495 e. The second kappa shape index (κ2) is 8.83. The molecule has 4 rings (SSSR count). The Hall–Kier alpha value is -3.85. The second-order valence-electron chi connectivity index (χ2n) is 8.73. The molecule has 0 spiro atoms. The molecular formula is C25H24N4O4S. The number of hydrogen-bond donors (Lipinski definition) is 1. The fraction of sp³-hybridized carbons (Fsp3) is 0.200. The molecule has 1 N–H and O–H groups in total. The minimum atomic E-state index is -4.22. The van der Waals surface area contributed by atoms with Crippen molar-refractivity contribution in [3.05, 3.63) is 78.1 Å². The van der Waals surface area contributed by atoms with Gasteiger partial charge in [0.1, 0.15) is 16.3 Å². The summed E-state index contributed by atoms with van der Waals surface area (Å²) in [6, 6.07) is 17.1. The highest BCUT2D eigenvalue weighted by Gasteiger charge is 2.26. The van der Waals surface area contributed by atoms with Crippen LogP contribution in [0.15, 0.2) is 71.8 Å². The van der Waals surface area contributed by atoms with Crippen LogP contribution in [0.3, 0.4) is 0 Å². The minimum absolute atomic E-state index is 0.0293. The molecule has 0 saturated heterocycles. The molecule has 8 nitrogen and oxygen atoms in total. The van der Waals surface area contributed by atoms with Crippen LogP contribution in [0.25, 0.3) is 22.2 Å². The average molecular weight is 477 g/mol. The number of methoxy groups -OCH3 is 1. The maximum atomic E-state index is 13.1. The molecule has 2 aromatic carbocycles. The monoisotopic (exact) mass is 476 g/mol. The van der Waals surface area contributed by atoms with Gasteiger partial charge in [-0.3, -0.25) is 4.79 Å². The van der Waals surface area contributed by atoms with Crippen LogP contribution in [-0.2, 0) is 15.4 Å². The van der Waals surface area contributed by atoms with Crippen LogP contribution < -0.4 is 9.46 Å². The zero-order valence-electron chi connectivity index (χ0n) is 19.2. The van der Waals surface area contributed by atoms with Gasteiger partial charge in [0.2, 0.25) is 0 Å². The van der Waals surface area contributed by atoms with E-state index in [1.807, 2.05) is 32.9 Å². The number of ether oxygens (including phenoxy) is 1. The smallest absolute Gasteiger partial charge is 0.283 e. The van der Waals surface area contributed by atoms with Gasteiger partial charge in [-0.2, -0.15) is 10.2 Å². The van der Waals surface area contributed by atoms with E-state index in [0.29, 0.717) is 11.2 Å². The molecule has 9 heteroatoms. The van der Waals surface area contributed by atoms with E-state index in [2.05, 4.69) is 19.9 Å². The van der Waals surface area contributed by atoms with Crippen LogP contribution in [0.4, 0.5) is 0 Å². The lowest BCUT2D eigenvalue weighted by Gasteiger charge is -2.21. The van der Waals surface area contributed by atoms with Crippen molar-refractivity contribution in [3.8, 4) is 17.0 Å². The van der Waals surface area contributed by atoms with Crippen molar-refractivity contribution in [1.82, 2.24) is 19.9 Å². The third-order valence-corrected chi connectivity index (χ3v) is 6.71. The fourth-order valence-electron chi connectivity index (χ4n) is 3.53. The highest BCUT2D eigenvalue weighted by molar-refractivity contribution is 7.90. The Morgan fingerprint density at radius 3 is 2.47 bits per heavy atom. The van der Waals surface area contributed by atoms with E-state index in [0.717, 1.165) is 16.5 Å². The summed E-state index contributed by atoms with van der Waals surface area (Å²) in [7, 11) is -2.84. The van der Waals surface area contributed by atoms with Gasteiger partial charge in [-0.1, -0.05) is 39.0 Å². The Labute approximate surface area is 198 Å². The molecule has 0 bridgehead atoms. The van der Waals surface area contributed by atoms with Crippen LogP contribution >= 0.6 is 0 Å². The van der Waals surface area contributed by atoms with Crippen LogP contribution in [0.5, 0.6) is 5.75 Å². The van der Waals surface area contributed by atoms with Gasteiger partial charge in [0, 0.05) is 17.1 Å². The number of sulfonamides is 1. The first-order valence-corrected chi connectivity index (χ1v) is 12.0. The van der Waals surface area contributed by atoms with Gasteiger partial charge in [0.05, 0.1) is 18.3 Å². The molecule has 1 amide bonds. The molecule has 34 heavy (non-hydrogen) atoms. The van der Waals surface area contributed by atoms with E-state index < -0.39 is 15.9 Å². The van der Waals surface area contributed by atoms with Crippen molar-refractivity contribution in [2.45, 2.75) is 31.1 Å². The number of carbonyl (C=O) groups is 1. The van der Waals surface area contributed by atoms with Crippen LogP contribution in [0.2, 0.25) is 0 Å². The first-order chi connectivity index (χ1) is 16.1. The number of amides is 1. The predicted octanol–water partition coefficient (Wildman–Crippen LogP) is 4.12. The predicted molar refractivity (Wildman–Crippen MR) is 129 cm³/mol. The molecular weight excluding hydrogens is 452 g/mol. The summed E-state index contributed by atoms with van der Waals surface area (Å²) >= 11 is 0. The fourth-order valence-corrected chi connectivity index (χ4v) is 4.69. The molecule has 0 unspecified atom stereocenters. The van der Waals surface area contributed by atoms with Crippen molar-refractivity contribution in [3.63, 3.8) is 0 Å². The summed E-state index contributed by atoms with van der Waals surface area (Å²) in [5.41, 5.74) is 2.48. The molecule has 0 atom stereocenters. The lowest BCUT2D eigenvalue weighted by Crippen LogP contribution is -2.31. The summed E-state index contributed by atoms with van der Waals surface area (Å²) in [5.74, 6) is -0.691. The molecule has 0 aliphatic carbocycles. The van der Waals surface area contributed by atoms with Gasteiger partial charge in [0.15, 0.2) is 0 Å². The number of hydrogen-bond acceptors (Lipinski definition) is 7. The lowest BCUT2D eigenvalue weighted by molar-refractivity contribution is 0.0977. The number of fused-ring (bicyclic) bond motifs is 1. The van der Waals surface area contributed by atoms with Gasteiger partial charge in [-0.15, -0.1) is 0 Å². The van der Waals surface area contributed by atoms with Gasteiger partial charge < -0.3 is 4.74 Å². The van der Waals surface area contributed by atoms with E-state index in [1.165, 1.54) is 19.2 Å². The maximum Gasteiger partial charge on any atom is 0.283 e. The Morgan fingerprint density at radius 1 is 1.00 bits per heavy atom. The van der Waals surface area contributed by atoms with E-state index in [-0.39, 0.29) is 21.8 Å². The standard InChI is InChI=1S/C25H24N4O4S/c1-25(2,3)16-10-13-22(33-4)23(15-16)34(31,32)29-24(30)21-12-11-18-17(7-5-8-19(18)27-21)20-9-6-14-26-28-20/h5-15H,1-4H3,(H,29,30). The Kier molecular flexibility index (Phi) is 6.05. The molecule has 0 aliphatic heterocycles. The molecule has 2 aromatic heterocycles. The Balaban J connectivity index is 1.68. The molecule has 0 radical (unpaired) electrons. The number of benzene rings is 2. The summed E-state index contributed by atoms with van der Waals surface area (Å²) in [6.07, 6.45) is 1.59. The van der Waals surface area contributed by atoms with E-state index >= 15 is 0 Å². The third-order valence-electron chi connectivity index (χ3n) is 5.36. The number of nitrogens with one attached hydrogen (secondary N) is 1. The summed E-state index contributed by atoms with van der Waals surface area (Å²) < 4.78 is 33.6. The number of pyridine rings is 1. The highest BCUT2D eigenvalue weighted by Crippen LogP contribution is 2.31. The van der Waals surface area contributed by atoms with Crippen molar-refractivity contribution in [2.75, 3.05) is 7.11 Å². The maximum absolute atomic E-state index is 13.1. The Bertz CT molecular complexity index is 1480. The summed E-state index contributed by atoms with van der Waals surface area (Å²) in [5, 5.41) is 8.80. The van der Waals surface area contributed by atoms with E-state index in [1.54, 1.807) is 42.6 Å².